The molecule has 0 aromatic carbocycles. The molecule has 176 valence electrons. The fraction of sp³-hybridized carbons (Fsp3) is 0.619. The van der Waals surface area contributed by atoms with Crippen LogP contribution >= 0.6 is 0 Å². The molecule has 3 N–H and O–H groups in total. The summed E-state index contributed by atoms with van der Waals surface area (Å²) in [5, 5.41) is 2.49. The molecule has 11 heteroatoms. The van der Waals surface area contributed by atoms with E-state index in [-0.39, 0.29) is 35.8 Å². The van der Waals surface area contributed by atoms with Gasteiger partial charge in [-0.05, 0) is 56.6 Å². The Balaban J connectivity index is 1.52. The van der Waals surface area contributed by atoms with Crippen molar-refractivity contribution in [1.82, 2.24) is 15.2 Å². The molecule has 1 saturated carbocycles. The number of nitrogens with two attached hydrogens (primary N) is 1. The van der Waals surface area contributed by atoms with Gasteiger partial charge in [0, 0.05) is 18.7 Å². The minimum absolute atomic E-state index is 0.0489. The van der Waals surface area contributed by atoms with Gasteiger partial charge in [0.05, 0.1) is 0 Å². The van der Waals surface area contributed by atoms with Crippen LogP contribution in [-0.4, -0.2) is 52.1 Å². The predicted octanol–water partition coefficient (Wildman–Crippen LogP) is 3.16. The number of carbonyl (C=O) groups excluding carboxylic acids is 3. The van der Waals surface area contributed by atoms with Crippen molar-refractivity contribution < 1.29 is 32.3 Å². The maximum absolute atomic E-state index is 12.6. The molecule has 2 aliphatic rings. The number of rotatable bonds is 9. The average Bonchev–Trinajstić information content (AvgIpc) is 2.93. The second kappa shape index (κ2) is 8.95. The summed E-state index contributed by atoms with van der Waals surface area (Å²) in [6, 6.07) is 1.21. The number of primary amides is 1. The highest BCUT2D eigenvalue weighted by molar-refractivity contribution is 6.04. The number of urea groups is 1. The Bertz CT molecular complexity index is 886. The van der Waals surface area contributed by atoms with Crippen molar-refractivity contribution in [3.05, 3.63) is 23.9 Å². The summed E-state index contributed by atoms with van der Waals surface area (Å²) in [6.45, 7) is 3.76. The Hall–Kier alpha value is -2.85. The summed E-state index contributed by atoms with van der Waals surface area (Å²) >= 11 is 0. The van der Waals surface area contributed by atoms with Gasteiger partial charge in [-0.2, -0.15) is 13.2 Å². The third-order valence-electron chi connectivity index (χ3n) is 5.99. The summed E-state index contributed by atoms with van der Waals surface area (Å²) in [7, 11) is 0. The Morgan fingerprint density at radius 3 is 2.72 bits per heavy atom. The van der Waals surface area contributed by atoms with Crippen LogP contribution in [0.4, 0.5) is 18.0 Å². The van der Waals surface area contributed by atoms with E-state index in [1.54, 1.807) is 13.0 Å². The second-order valence-electron chi connectivity index (χ2n) is 8.95. The minimum Gasteiger partial charge on any atom is -0.474 e. The zero-order valence-corrected chi connectivity index (χ0v) is 17.9. The van der Waals surface area contributed by atoms with E-state index in [1.165, 1.54) is 12.3 Å². The zero-order chi connectivity index (χ0) is 23.7. The van der Waals surface area contributed by atoms with Gasteiger partial charge in [-0.3, -0.25) is 14.5 Å². The quantitative estimate of drug-likeness (QED) is 0.554. The molecule has 1 unspecified atom stereocenters. The molecule has 1 saturated heterocycles. The molecule has 0 bridgehead atoms. The third kappa shape index (κ3) is 5.49. The van der Waals surface area contributed by atoms with E-state index >= 15 is 0 Å². The molecular weight excluding hydrogens is 429 g/mol. The number of alkyl halides is 3. The normalized spacial score (nSPS) is 26.5. The third-order valence-corrected chi connectivity index (χ3v) is 5.99. The number of nitrogens with zero attached hydrogens (tertiary/aromatic N) is 2. The zero-order valence-electron chi connectivity index (χ0n) is 17.9. The number of pyridine rings is 1. The van der Waals surface area contributed by atoms with E-state index in [2.05, 4.69) is 10.3 Å². The van der Waals surface area contributed by atoms with E-state index in [4.69, 9.17) is 10.5 Å². The number of amides is 4. The molecule has 1 aromatic heterocycles. The number of imide groups is 1. The van der Waals surface area contributed by atoms with Gasteiger partial charge in [0.15, 0.2) is 0 Å². The highest BCUT2D eigenvalue weighted by Crippen LogP contribution is 2.47. The second-order valence-corrected chi connectivity index (χ2v) is 8.95. The van der Waals surface area contributed by atoms with Crippen molar-refractivity contribution in [2.24, 2.45) is 11.1 Å². The van der Waals surface area contributed by atoms with Gasteiger partial charge in [-0.25, -0.2) is 9.78 Å². The highest BCUT2D eigenvalue weighted by Gasteiger charge is 2.47. The first-order valence-electron chi connectivity index (χ1n) is 10.5. The summed E-state index contributed by atoms with van der Waals surface area (Å²) in [6.07, 6.45) is -2.45. The lowest BCUT2D eigenvalue weighted by Crippen LogP contribution is -2.48. The fourth-order valence-electron chi connectivity index (χ4n) is 4.59. The molecule has 2 atom stereocenters. The number of carbonyl (C=O) groups is 3. The predicted molar refractivity (Wildman–Crippen MR) is 108 cm³/mol. The molecule has 0 radical (unpaired) electrons. The standard InChI is InChI=1S/C21H27F3N4O4/c1-12(28-18(30)15(27-19(28)31)6-3-7-21(22,23)24)9-20(2)10-13(11-20)32-17-14(16(25)29)5-4-8-26-17/h4-5,8,12-13,15H,3,6-7,9-11H2,1-2H3,(H2,25,29)(H,27,31)/t12-,13?,15?,20?/m0/s1. The SMILES string of the molecule is C[C@@H](CC1(C)CC(Oc2ncccc2C(N)=O)C1)N1C(=O)NC(CCCC(F)(F)F)C1=O. The summed E-state index contributed by atoms with van der Waals surface area (Å²) < 4.78 is 42.9. The number of nitrogens with one attached hydrogen (secondary N) is 1. The van der Waals surface area contributed by atoms with Gasteiger partial charge in [-0.1, -0.05) is 6.92 Å². The van der Waals surface area contributed by atoms with Crippen LogP contribution in [0.5, 0.6) is 5.88 Å². The van der Waals surface area contributed by atoms with Gasteiger partial charge >= 0.3 is 12.2 Å². The Morgan fingerprint density at radius 2 is 2.09 bits per heavy atom. The maximum Gasteiger partial charge on any atom is 0.389 e. The molecule has 4 amide bonds. The van der Waals surface area contributed by atoms with Crippen LogP contribution < -0.4 is 15.8 Å². The summed E-state index contributed by atoms with van der Waals surface area (Å²) in [4.78, 5) is 41.6. The van der Waals surface area contributed by atoms with E-state index < -0.39 is 42.5 Å². The molecular formula is C21H27F3N4O4. The van der Waals surface area contributed by atoms with Crippen LogP contribution in [0.25, 0.3) is 0 Å². The van der Waals surface area contributed by atoms with E-state index in [0.29, 0.717) is 19.3 Å². The number of hydrogen-bond donors (Lipinski definition) is 2. The molecule has 1 aromatic rings. The van der Waals surface area contributed by atoms with Crippen molar-refractivity contribution in [3.8, 4) is 5.88 Å². The van der Waals surface area contributed by atoms with E-state index in [9.17, 15) is 27.6 Å². The van der Waals surface area contributed by atoms with Crippen LogP contribution in [0.1, 0.15) is 62.7 Å². The lowest BCUT2D eigenvalue weighted by atomic mass is 9.65. The minimum atomic E-state index is -4.29. The average molecular weight is 456 g/mol. The highest BCUT2D eigenvalue weighted by atomic mass is 19.4. The molecule has 1 aliphatic carbocycles. The lowest BCUT2D eigenvalue weighted by molar-refractivity contribution is -0.138. The van der Waals surface area contributed by atoms with Crippen molar-refractivity contribution in [2.75, 3.05) is 0 Å². The molecule has 2 fully saturated rings. The fourth-order valence-corrected chi connectivity index (χ4v) is 4.59. The van der Waals surface area contributed by atoms with Gasteiger partial charge in [-0.15, -0.1) is 0 Å². The van der Waals surface area contributed by atoms with Gasteiger partial charge in [0.1, 0.15) is 17.7 Å². The van der Waals surface area contributed by atoms with Gasteiger partial charge in [0.2, 0.25) is 5.88 Å². The lowest BCUT2D eigenvalue weighted by Gasteiger charge is -2.46. The number of hydrogen-bond acceptors (Lipinski definition) is 5. The first-order chi connectivity index (χ1) is 14.9. The van der Waals surface area contributed by atoms with Crippen LogP contribution in [0, 0.1) is 5.41 Å². The van der Waals surface area contributed by atoms with Crippen molar-refractivity contribution in [2.45, 2.75) is 76.7 Å². The number of halogens is 3. The molecule has 32 heavy (non-hydrogen) atoms. The van der Waals surface area contributed by atoms with E-state index in [0.717, 1.165) is 4.90 Å². The Kier molecular flexibility index (Phi) is 6.66. The molecule has 2 heterocycles. The van der Waals surface area contributed by atoms with Crippen molar-refractivity contribution in [1.29, 1.82) is 0 Å². The number of aromatic nitrogens is 1. The first kappa shape index (κ1) is 23.8. The molecule has 8 nitrogen and oxygen atoms in total. The smallest absolute Gasteiger partial charge is 0.389 e. The number of ether oxygens (including phenoxy) is 1. The van der Waals surface area contributed by atoms with Crippen LogP contribution in [0.3, 0.4) is 0 Å². The van der Waals surface area contributed by atoms with Crippen LogP contribution in [0.2, 0.25) is 0 Å². The Labute approximate surface area is 183 Å². The van der Waals surface area contributed by atoms with E-state index in [1.807, 2.05) is 6.92 Å². The van der Waals surface area contributed by atoms with Gasteiger partial charge in [0.25, 0.3) is 11.8 Å². The summed E-state index contributed by atoms with van der Waals surface area (Å²) in [5.41, 5.74) is 5.33. The largest absolute Gasteiger partial charge is 0.474 e. The Morgan fingerprint density at radius 1 is 1.41 bits per heavy atom. The molecule has 0 spiro atoms. The van der Waals surface area contributed by atoms with Gasteiger partial charge < -0.3 is 15.8 Å². The topological polar surface area (TPSA) is 115 Å². The molecule has 1 aliphatic heterocycles. The van der Waals surface area contributed by atoms with Crippen molar-refractivity contribution in [3.63, 3.8) is 0 Å². The molecule has 3 rings (SSSR count). The first-order valence-corrected chi connectivity index (χ1v) is 10.5. The van der Waals surface area contributed by atoms with Crippen LogP contribution in [-0.2, 0) is 4.79 Å². The monoisotopic (exact) mass is 456 g/mol. The maximum atomic E-state index is 12.6. The van der Waals surface area contributed by atoms with Crippen LogP contribution in [0.15, 0.2) is 18.3 Å². The van der Waals surface area contributed by atoms with Crippen molar-refractivity contribution >= 4 is 17.8 Å². The summed E-state index contributed by atoms with van der Waals surface area (Å²) in [5.74, 6) is -0.942.